The summed E-state index contributed by atoms with van der Waals surface area (Å²) >= 11 is 3.40. The number of anilines is 1. The highest BCUT2D eigenvalue weighted by Crippen LogP contribution is 2.30. The molecule has 0 atom stereocenters. The molecule has 142 valence electrons. The van der Waals surface area contributed by atoms with Crippen molar-refractivity contribution in [3.63, 3.8) is 0 Å². The topological polar surface area (TPSA) is 49.3 Å². The number of hydrogen-bond acceptors (Lipinski definition) is 5. The molecule has 27 heavy (non-hydrogen) atoms. The van der Waals surface area contributed by atoms with Crippen molar-refractivity contribution in [2.75, 3.05) is 37.6 Å². The van der Waals surface area contributed by atoms with Crippen molar-refractivity contribution in [1.29, 1.82) is 0 Å². The van der Waals surface area contributed by atoms with Crippen LogP contribution in [0.4, 0.5) is 5.82 Å². The fourth-order valence-corrected chi connectivity index (χ4v) is 3.98. The lowest BCUT2D eigenvalue weighted by Gasteiger charge is -2.23. The number of pyridine rings is 2. The predicted octanol–water partition coefficient (Wildman–Crippen LogP) is 3.70. The molecule has 1 aliphatic heterocycles. The van der Waals surface area contributed by atoms with Crippen LogP contribution in [-0.4, -0.2) is 53.4 Å². The van der Waals surface area contributed by atoms with E-state index in [1.807, 2.05) is 25.1 Å². The summed E-state index contributed by atoms with van der Waals surface area (Å²) in [6.07, 6.45) is 5.65. The Hall–Kier alpha value is -1.79. The van der Waals surface area contributed by atoms with Crippen LogP contribution in [0.1, 0.15) is 41.0 Å². The maximum atomic E-state index is 13.0. The third kappa shape index (κ3) is 4.55. The minimum Gasteiger partial charge on any atom is -0.355 e. The van der Waals surface area contributed by atoms with Gasteiger partial charge in [-0.15, -0.1) is 0 Å². The molecule has 3 heterocycles. The molecule has 5 nitrogen and oxygen atoms in total. The van der Waals surface area contributed by atoms with Gasteiger partial charge < -0.3 is 9.80 Å². The van der Waals surface area contributed by atoms with Crippen LogP contribution in [0.5, 0.6) is 0 Å². The van der Waals surface area contributed by atoms with Crippen LogP contribution >= 0.6 is 15.9 Å². The summed E-state index contributed by atoms with van der Waals surface area (Å²) in [7, 11) is 0. The van der Waals surface area contributed by atoms with Gasteiger partial charge in [-0.25, -0.2) is 4.98 Å². The van der Waals surface area contributed by atoms with E-state index in [4.69, 9.17) is 4.98 Å². The standard InChI is InChI=1S/C21H25BrN4O/c1-15-18(12-17(22)13-23-15)21(27)19-4-2-5-20(24-19)26-9-3-8-25(10-11-26)14-16-6-7-16/h2,4-5,12-13,16H,3,6-11,14H2,1H3. The third-order valence-corrected chi connectivity index (χ3v) is 5.82. The van der Waals surface area contributed by atoms with Crippen molar-refractivity contribution < 1.29 is 4.79 Å². The number of aromatic nitrogens is 2. The van der Waals surface area contributed by atoms with E-state index in [1.54, 1.807) is 12.3 Å². The van der Waals surface area contributed by atoms with Gasteiger partial charge in [0.25, 0.3) is 0 Å². The summed E-state index contributed by atoms with van der Waals surface area (Å²) in [5.74, 6) is 1.75. The van der Waals surface area contributed by atoms with Crippen LogP contribution in [0.3, 0.4) is 0 Å². The first kappa shape index (κ1) is 18.6. The fourth-order valence-electron chi connectivity index (χ4n) is 3.65. The molecule has 0 bridgehead atoms. The molecule has 2 fully saturated rings. The quantitative estimate of drug-likeness (QED) is 0.679. The maximum absolute atomic E-state index is 13.0. The van der Waals surface area contributed by atoms with Gasteiger partial charge in [0.1, 0.15) is 11.5 Å². The molecule has 2 aliphatic rings. The summed E-state index contributed by atoms with van der Waals surface area (Å²) < 4.78 is 0.802. The summed E-state index contributed by atoms with van der Waals surface area (Å²) in [5.41, 5.74) is 1.80. The van der Waals surface area contributed by atoms with Crippen LogP contribution in [0.15, 0.2) is 34.9 Å². The van der Waals surface area contributed by atoms with Crippen molar-refractivity contribution in [3.8, 4) is 0 Å². The number of ketones is 1. The number of halogens is 1. The maximum Gasteiger partial charge on any atom is 0.213 e. The third-order valence-electron chi connectivity index (χ3n) is 5.39. The Labute approximate surface area is 168 Å². The zero-order chi connectivity index (χ0) is 18.8. The van der Waals surface area contributed by atoms with Gasteiger partial charge in [0, 0.05) is 48.1 Å². The molecule has 2 aromatic rings. The summed E-state index contributed by atoms with van der Waals surface area (Å²) in [6.45, 7) is 7.29. The van der Waals surface area contributed by atoms with Crippen LogP contribution in [0, 0.1) is 12.8 Å². The van der Waals surface area contributed by atoms with E-state index in [1.165, 1.54) is 19.4 Å². The van der Waals surface area contributed by atoms with Gasteiger partial charge in [0.15, 0.2) is 0 Å². The molecule has 0 N–H and O–H groups in total. The Balaban J connectivity index is 1.50. The Bertz CT molecular complexity index is 837. The molecule has 2 aromatic heterocycles. The first-order chi connectivity index (χ1) is 13.1. The molecule has 0 aromatic carbocycles. The molecule has 1 saturated heterocycles. The second kappa shape index (κ2) is 8.07. The number of carbonyl (C=O) groups excluding carboxylic acids is 1. The summed E-state index contributed by atoms with van der Waals surface area (Å²) in [4.78, 5) is 26.8. The number of nitrogens with zero attached hydrogens (tertiary/aromatic N) is 4. The zero-order valence-electron chi connectivity index (χ0n) is 15.7. The Morgan fingerprint density at radius 1 is 1.22 bits per heavy atom. The van der Waals surface area contributed by atoms with Crippen LogP contribution in [-0.2, 0) is 0 Å². The van der Waals surface area contributed by atoms with E-state index in [2.05, 4.69) is 30.7 Å². The van der Waals surface area contributed by atoms with E-state index in [0.29, 0.717) is 11.3 Å². The van der Waals surface area contributed by atoms with Gasteiger partial charge in [-0.3, -0.25) is 9.78 Å². The van der Waals surface area contributed by atoms with E-state index in [0.717, 1.165) is 54.5 Å². The Kier molecular flexibility index (Phi) is 5.55. The highest BCUT2D eigenvalue weighted by Gasteiger charge is 2.26. The van der Waals surface area contributed by atoms with Crippen molar-refractivity contribution in [1.82, 2.24) is 14.9 Å². The first-order valence-electron chi connectivity index (χ1n) is 9.71. The number of rotatable bonds is 5. The van der Waals surface area contributed by atoms with E-state index in [9.17, 15) is 4.79 Å². The van der Waals surface area contributed by atoms with Crippen molar-refractivity contribution >= 4 is 27.5 Å². The van der Waals surface area contributed by atoms with Gasteiger partial charge in [-0.1, -0.05) is 6.07 Å². The van der Waals surface area contributed by atoms with Crippen LogP contribution in [0.2, 0.25) is 0 Å². The van der Waals surface area contributed by atoms with E-state index >= 15 is 0 Å². The molecule has 1 saturated carbocycles. The smallest absolute Gasteiger partial charge is 0.213 e. The zero-order valence-corrected chi connectivity index (χ0v) is 17.3. The normalized spacial score (nSPS) is 18.4. The predicted molar refractivity (Wildman–Crippen MR) is 110 cm³/mol. The number of carbonyl (C=O) groups is 1. The van der Waals surface area contributed by atoms with Crippen molar-refractivity contribution in [3.05, 3.63) is 51.9 Å². The lowest BCUT2D eigenvalue weighted by molar-refractivity contribution is 0.103. The summed E-state index contributed by atoms with van der Waals surface area (Å²) in [5, 5.41) is 0. The highest BCUT2D eigenvalue weighted by molar-refractivity contribution is 9.10. The molecule has 0 spiro atoms. The average molecular weight is 429 g/mol. The molecule has 0 unspecified atom stereocenters. The SMILES string of the molecule is Cc1ncc(Br)cc1C(=O)c1cccc(N2CCCN(CC3CC3)CC2)n1. The second-order valence-electron chi connectivity index (χ2n) is 7.58. The van der Waals surface area contributed by atoms with Gasteiger partial charge >= 0.3 is 0 Å². The molecule has 0 amide bonds. The molecule has 1 aliphatic carbocycles. The lowest BCUT2D eigenvalue weighted by Crippen LogP contribution is -2.32. The molecule has 4 rings (SSSR count). The second-order valence-corrected chi connectivity index (χ2v) is 8.50. The van der Waals surface area contributed by atoms with Gasteiger partial charge in [0.05, 0.1) is 0 Å². The van der Waals surface area contributed by atoms with Crippen LogP contribution < -0.4 is 4.90 Å². The number of aryl methyl sites for hydroxylation is 1. The van der Waals surface area contributed by atoms with E-state index < -0.39 is 0 Å². The minimum atomic E-state index is -0.0756. The van der Waals surface area contributed by atoms with Gasteiger partial charge in [0.2, 0.25) is 5.78 Å². The van der Waals surface area contributed by atoms with Gasteiger partial charge in [-0.2, -0.15) is 0 Å². The molecule has 6 heteroatoms. The largest absolute Gasteiger partial charge is 0.355 e. The highest BCUT2D eigenvalue weighted by atomic mass is 79.9. The Morgan fingerprint density at radius 3 is 2.89 bits per heavy atom. The number of hydrogen-bond donors (Lipinski definition) is 0. The summed E-state index contributed by atoms with van der Waals surface area (Å²) in [6, 6.07) is 7.56. The van der Waals surface area contributed by atoms with E-state index in [-0.39, 0.29) is 5.78 Å². The lowest BCUT2D eigenvalue weighted by atomic mass is 10.1. The average Bonchev–Trinajstić information content (AvgIpc) is 3.51. The minimum absolute atomic E-state index is 0.0756. The van der Waals surface area contributed by atoms with Crippen molar-refractivity contribution in [2.24, 2.45) is 5.92 Å². The molecule has 0 radical (unpaired) electrons. The molecular weight excluding hydrogens is 404 g/mol. The fraction of sp³-hybridized carbons (Fsp3) is 0.476. The monoisotopic (exact) mass is 428 g/mol. The Morgan fingerprint density at radius 2 is 2.07 bits per heavy atom. The molecular formula is C21H25BrN4O. The van der Waals surface area contributed by atoms with Crippen LogP contribution in [0.25, 0.3) is 0 Å². The van der Waals surface area contributed by atoms with Crippen molar-refractivity contribution in [2.45, 2.75) is 26.2 Å². The van der Waals surface area contributed by atoms with Gasteiger partial charge in [-0.05, 0) is 72.8 Å². The first-order valence-corrected chi connectivity index (χ1v) is 10.5.